The van der Waals surface area contributed by atoms with Gasteiger partial charge in [-0.2, -0.15) is 4.31 Å². The van der Waals surface area contributed by atoms with Crippen molar-refractivity contribution in [3.05, 3.63) is 18.0 Å². The Kier molecular flexibility index (Phi) is 3.64. The third kappa shape index (κ3) is 2.52. The Bertz CT molecular complexity index is 586. The molecule has 0 unspecified atom stereocenters. The van der Waals surface area contributed by atoms with Crippen molar-refractivity contribution in [2.24, 2.45) is 0 Å². The van der Waals surface area contributed by atoms with E-state index in [4.69, 9.17) is 0 Å². The van der Waals surface area contributed by atoms with Crippen molar-refractivity contribution in [2.75, 3.05) is 13.6 Å². The lowest BCUT2D eigenvalue weighted by atomic mass is 10.4. The quantitative estimate of drug-likeness (QED) is 0.833. The first-order chi connectivity index (χ1) is 9.57. The van der Waals surface area contributed by atoms with Crippen LogP contribution in [0.2, 0.25) is 0 Å². The van der Waals surface area contributed by atoms with Gasteiger partial charge >= 0.3 is 0 Å². The van der Waals surface area contributed by atoms with Gasteiger partial charge in [0.1, 0.15) is 4.90 Å². The molecular formula is C14H23N3O2S. The van der Waals surface area contributed by atoms with Gasteiger partial charge in [0.25, 0.3) is 0 Å². The molecule has 6 heteroatoms. The Hall–Kier alpha value is -0.850. The van der Waals surface area contributed by atoms with Gasteiger partial charge in [0.05, 0.1) is 0 Å². The smallest absolute Gasteiger partial charge is 0.244 e. The predicted octanol–water partition coefficient (Wildman–Crippen LogP) is 1.72. The molecular weight excluding hydrogens is 274 g/mol. The van der Waals surface area contributed by atoms with Crippen LogP contribution in [-0.2, 0) is 16.6 Å². The summed E-state index contributed by atoms with van der Waals surface area (Å²) in [4.78, 5) is 0.461. The average Bonchev–Trinajstić information content (AvgIpc) is 3.31. The normalized spacial score (nSPS) is 19.8. The van der Waals surface area contributed by atoms with E-state index >= 15 is 0 Å². The van der Waals surface area contributed by atoms with Crippen molar-refractivity contribution in [3.8, 4) is 0 Å². The van der Waals surface area contributed by atoms with Crippen LogP contribution in [-0.4, -0.2) is 36.9 Å². The second-order valence-corrected chi connectivity index (χ2v) is 7.67. The minimum Gasteiger partial charge on any atom is -0.346 e. The molecule has 0 radical (unpaired) electrons. The highest BCUT2D eigenvalue weighted by Crippen LogP contribution is 2.38. The van der Waals surface area contributed by atoms with Crippen LogP contribution in [0.5, 0.6) is 0 Å². The Labute approximate surface area is 121 Å². The highest BCUT2D eigenvalue weighted by atomic mass is 32.2. The van der Waals surface area contributed by atoms with E-state index in [0.717, 1.165) is 31.4 Å². The predicted molar refractivity (Wildman–Crippen MR) is 78.1 cm³/mol. The summed E-state index contributed by atoms with van der Waals surface area (Å²) in [5.74, 6) is 0. The van der Waals surface area contributed by atoms with Crippen LogP contribution < -0.4 is 5.32 Å². The highest BCUT2D eigenvalue weighted by Gasteiger charge is 2.38. The van der Waals surface area contributed by atoms with Gasteiger partial charge in [-0.25, -0.2) is 8.42 Å². The standard InChI is InChI=1S/C14H23N3O2S/c1-3-17(12-6-7-12)20(18,19)14-8-13(9-15-2)16(10-14)11-4-5-11/h8,10-12,15H,3-7,9H2,1-2H3. The molecule has 0 aliphatic heterocycles. The van der Waals surface area contributed by atoms with Crippen LogP contribution in [0, 0.1) is 0 Å². The zero-order chi connectivity index (χ0) is 14.3. The first-order valence-electron chi connectivity index (χ1n) is 7.45. The molecule has 0 amide bonds. The van der Waals surface area contributed by atoms with Gasteiger partial charge in [0, 0.05) is 37.1 Å². The molecule has 20 heavy (non-hydrogen) atoms. The molecule has 0 bridgehead atoms. The molecule has 5 nitrogen and oxygen atoms in total. The van der Waals surface area contributed by atoms with Crippen molar-refractivity contribution >= 4 is 10.0 Å². The molecule has 1 aromatic rings. The Morgan fingerprint density at radius 3 is 2.55 bits per heavy atom. The lowest BCUT2D eigenvalue weighted by molar-refractivity contribution is 0.421. The van der Waals surface area contributed by atoms with E-state index in [1.54, 1.807) is 4.31 Å². The molecule has 1 heterocycles. The molecule has 0 aromatic carbocycles. The Morgan fingerprint density at radius 1 is 1.35 bits per heavy atom. The number of rotatable bonds is 7. The average molecular weight is 297 g/mol. The first kappa shape index (κ1) is 14.1. The largest absolute Gasteiger partial charge is 0.346 e. The fourth-order valence-corrected chi connectivity index (χ4v) is 4.52. The second kappa shape index (κ2) is 5.16. The summed E-state index contributed by atoms with van der Waals surface area (Å²) in [6.45, 7) is 3.19. The fraction of sp³-hybridized carbons (Fsp3) is 0.714. The van der Waals surface area contributed by atoms with Crippen LogP contribution in [0.15, 0.2) is 17.2 Å². The van der Waals surface area contributed by atoms with E-state index in [-0.39, 0.29) is 6.04 Å². The van der Waals surface area contributed by atoms with E-state index in [2.05, 4.69) is 9.88 Å². The van der Waals surface area contributed by atoms with Crippen LogP contribution in [0.3, 0.4) is 0 Å². The molecule has 0 saturated heterocycles. The number of aromatic nitrogens is 1. The summed E-state index contributed by atoms with van der Waals surface area (Å²) >= 11 is 0. The van der Waals surface area contributed by atoms with E-state index < -0.39 is 10.0 Å². The van der Waals surface area contributed by atoms with Crippen LogP contribution in [0.25, 0.3) is 0 Å². The number of nitrogens with zero attached hydrogens (tertiary/aromatic N) is 2. The molecule has 1 N–H and O–H groups in total. The van der Waals surface area contributed by atoms with Gasteiger partial charge in [-0.3, -0.25) is 0 Å². The lowest BCUT2D eigenvalue weighted by Gasteiger charge is -2.18. The van der Waals surface area contributed by atoms with Crippen LogP contribution >= 0.6 is 0 Å². The molecule has 0 atom stereocenters. The Balaban J connectivity index is 1.94. The van der Waals surface area contributed by atoms with E-state index in [1.807, 2.05) is 26.2 Å². The van der Waals surface area contributed by atoms with Gasteiger partial charge in [-0.1, -0.05) is 6.92 Å². The summed E-state index contributed by atoms with van der Waals surface area (Å²) in [6.07, 6.45) is 6.15. The van der Waals surface area contributed by atoms with Gasteiger partial charge in [-0.05, 0) is 38.8 Å². The first-order valence-corrected chi connectivity index (χ1v) is 8.89. The molecule has 1 aromatic heterocycles. The SMILES string of the molecule is CCN(C1CC1)S(=O)(=O)c1cc(CNC)n(C2CC2)c1. The Morgan fingerprint density at radius 2 is 2.05 bits per heavy atom. The molecule has 3 rings (SSSR count). The van der Waals surface area contributed by atoms with Crippen molar-refractivity contribution in [1.29, 1.82) is 0 Å². The van der Waals surface area contributed by atoms with Gasteiger partial charge < -0.3 is 9.88 Å². The van der Waals surface area contributed by atoms with E-state index in [1.165, 1.54) is 0 Å². The number of sulfonamides is 1. The van der Waals surface area contributed by atoms with Crippen LogP contribution in [0.1, 0.15) is 44.3 Å². The fourth-order valence-electron chi connectivity index (χ4n) is 2.78. The third-order valence-electron chi connectivity index (χ3n) is 4.08. The molecule has 2 saturated carbocycles. The monoisotopic (exact) mass is 297 g/mol. The number of nitrogens with one attached hydrogen (secondary N) is 1. The van der Waals surface area contributed by atoms with Crippen molar-refractivity contribution in [2.45, 2.75) is 56.1 Å². The maximum Gasteiger partial charge on any atom is 0.244 e. The molecule has 0 spiro atoms. The zero-order valence-corrected chi connectivity index (χ0v) is 13.0. The third-order valence-corrected chi connectivity index (χ3v) is 6.07. The highest BCUT2D eigenvalue weighted by molar-refractivity contribution is 7.89. The minimum absolute atomic E-state index is 0.224. The summed E-state index contributed by atoms with van der Waals surface area (Å²) in [7, 11) is -1.44. The topological polar surface area (TPSA) is 54.3 Å². The van der Waals surface area contributed by atoms with Crippen molar-refractivity contribution < 1.29 is 8.42 Å². The minimum atomic E-state index is -3.33. The van der Waals surface area contributed by atoms with Crippen molar-refractivity contribution in [1.82, 2.24) is 14.2 Å². The number of hydrogen-bond donors (Lipinski definition) is 1. The summed E-state index contributed by atoms with van der Waals surface area (Å²) < 4.78 is 29.3. The van der Waals surface area contributed by atoms with Crippen LogP contribution in [0.4, 0.5) is 0 Å². The molecule has 2 aliphatic rings. The maximum absolute atomic E-state index is 12.7. The van der Waals surface area contributed by atoms with E-state index in [0.29, 0.717) is 24.0 Å². The molecule has 112 valence electrons. The number of hydrogen-bond acceptors (Lipinski definition) is 3. The summed E-state index contributed by atoms with van der Waals surface area (Å²) in [6, 6.07) is 2.56. The van der Waals surface area contributed by atoms with Gasteiger partial charge in [0.15, 0.2) is 0 Å². The van der Waals surface area contributed by atoms with Crippen molar-refractivity contribution in [3.63, 3.8) is 0 Å². The molecule has 2 fully saturated rings. The second-order valence-electron chi connectivity index (χ2n) is 5.78. The molecule has 2 aliphatic carbocycles. The maximum atomic E-state index is 12.7. The summed E-state index contributed by atoms with van der Waals surface area (Å²) in [5.41, 5.74) is 1.07. The lowest BCUT2D eigenvalue weighted by Crippen LogP contribution is -2.32. The summed E-state index contributed by atoms with van der Waals surface area (Å²) in [5, 5.41) is 3.12. The van der Waals surface area contributed by atoms with E-state index in [9.17, 15) is 8.42 Å². The van der Waals surface area contributed by atoms with Gasteiger partial charge in [-0.15, -0.1) is 0 Å². The zero-order valence-electron chi connectivity index (χ0n) is 12.2. The van der Waals surface area contributed by atoms with Gasteiger partial charge in [0.2, 0.25) is 10.0 Å².